The van der Waals surface area contributed by atoms with E-state index in [0.717, 1.165) is 22.9 Å². The number of nitrogens with one attached hydrogen (secondary N) is 2. The SMILES string of the molecule is CCCOc1ccc(C(=O)NNC(=O)COc2ccc(CC)cc2Br)cc1Br. The average molecular weight is 514 g/mol. The van der Waals surface area contributed by atoms with E-state index in [2.05, 4.69) is 49.6 Å². The third kappa shape index (κ3) is 6.53. The van der Waals surface area contributed by atoms with Crippen molar-refractivity contribution >= 4 is 43.7 Å². The Morgan fingerprint density at radius 2 is 1.61 bits per heavy atom. The quantitative estimate of drug-likeness (QED) is 0.513. The van der Waals surface area contributed by atoms with E-state index in [4.69, 9.17) is 9.47 Å². The Labute approximate surface area is 181 Å². The predicted molar refractivity (Wildman–Crippen MR) is 115 cm³/mol. The molecule has 0 saturated carbocycles. The first-order valence-corrected chi connectivity index (χ1v) is 10.5. The summed E-state index contributed by atoms with van der Waals surface area (Å²) in [5.41, 5.74) is 6.25. The third-order valence-electron chi connectivity index (χ3n) is 3.73. The molecule has 2 amide bonds. The Balaban J connectivity index is 1.83. The maximum absolute atomic E-state index is 12.2. The van der Waals surface area contributed by atoms with Gasteiger partial charge in [0.05, 0.1) is 15.6 Å². The van der Waals surface area contributed by atoms with Crippen LogP contribution in [0.4, 0.5) is 0 Å². The number of benzene rings is 2. The number of aryl methyl sites for hydroxylation is 1. The van der Waals surface area contributed by atoms with E-state index in [1.807, 2.05) is 19.1 Å². The van der Waals surface area contributed by atoms with Crippen molar-refractivity contribution in [2.24, 2.45) is 0 Å². The molecule has 28 heavy (non-hydrogen) atoms. The van der Waals surface area contributed by atoms with E-state index < -0.39 is 11.8 Å². The molecule has 0 bridgehead atoms. The lowest BCUT2D eigenvalue weighted by Crippen LogP contribution is -2.43. The molecule has 0 aromatic heterocycles. The van der Waals surface area contributed by atoms with Gasteiger partial charge in [-0.1, -0.05) is 19.9 Å². The summed E-state index contributed by atoms with van der Waals surface area (Å²) in [7, 11) is 0. The summed E-state index contributed by atoms with van der Waals surface area (Å²) in [4.78, 5) is 24.1. The van der Waals surface area contributed by atoms with Gasteiger partial charge in [0.1, 0.15) is 11.5 Å². The third-order valence-corrected chi connectivity index (χ3v) is 4.97. The van der Waals surface area contributed by atoms with Crippen molar-refractivity contribution in [1.82, 2.24) is 10.9 Å². The summed E-state index contributed by atoms with van der Waals surface area (Å²) in [5, 5.41) is 0. The predicted octanol–water partition coefficient (Wildman–Crippen LogP) is 4.40. The second-order valence-corrected chi connectivity index (χ2v) is 7.61. The molecule has 6 nitrogen and oxygen atoms in total. The van der Waals surface area contributed by atoms with Crippen LogP contribution in [-0.2, 0) is 11.2 Å². The van der Waals surface area contributed by atoms with Crippen LogP contribution in [0.2, 0.25) is 0 Å². The van der Waals surface area contributed by atoms with Crippen LogP contribution >= 0.6 is 31.9 Å². The fraction of sp³-hybridized carbons (Fsp3) is 0.300. The first-order chi connectivity index (χ1) is 13.4. The summed E-state index contributed by atoms with van der Waals surface area (Å²) in [6.07, 6.45) is 1.80. The summed E-state index contributed by atoms with van der Waals surface area (Å²) in [6, 6.07) is 10.6. The van der Waals surface area contributed by atoms with E-state index in [1.54, 1.807) is 24.3 Å². The number of hydrogen-bond acceptors (Lipinski definition) is 4. The van der Waals surface area contributed by atoms with Crippen LogP contribution in [0.3, 0.4) is 0 Å². The van der Waals surface area contributed by atoms with Gasteiger partial charge in [0, 0.05) is 5.56 Å². The van der Waals surface area contributed by atoms with Gasteiger partial charge in [-0.25, -0.2) is 0 Å². The van der Waals surface area contributed by atoms with Crippen molar-refractivity contribution in [3.8, 4) is 11.5 Å². The van der Waals surface area contributed by atoms with E-state index in [9.17, 15) is 9.59 Å². The van der Waals surface area contributed by atoms with Crippen LogP contribution in [0.25, 0.3) is 0 Å². The zero-order chi connectivity index (χ0) is 20.5. The lowest BCUT2D eigenvalue weighted by atomic mass is 10.2. The normalized spacial score (nSPS) is 10.3. The Hall–Kier alpha value is -2.06. The zero-order valence-corrected chi connectivity index (χ0v) is 18.9. The van der Waals surface area contributed by atoms with Gasteiger partial charge in [-0.15, -0.1) is 0 Å². The van der Waals surface area contributed by atoms with Crippen LogP contribution in [0.1, 0.15) is 36.2 Å². The largest absolute Gasteiger partial charge is 0.492 e. The lowest BCUT2D eigenvalue weighted by Gasteiger charge is -2.11. The minimum absolute atomic E-state index is 0.224. The lowest BCUT2D eigenvalue weighted by molar-refractivity contribution is -0.123. The van der Waals surface area contributed by atoms with Crippen LogP contribution in [0.5, 0.6) is 11.5 Å². The van der Waals surface area contributed by atoms with Crippen LogP contribution in [-0.4, -0.2) is 25.0 Å². The minimum atomic E-state index is -0.471. The molecule has 0 spiro atoms. The molecule has 0 aliphatic carbocycles. The Bertz CT molecular complexity index is 843. The van der Waals surface area contributed by atoms with Gasteiger partial charge in [-0.2, -0.15) is 0 Å². The molecule has 150 valence electrons. The van der Waals surface area contributed by atoms with Crippen molar-refractivity contribution < 1.29 is 19.1 Å². The second-order valence-electron chi connectivity index (χ2n) is 5.90. The number of carbonyl (C=O) groups is 2. The molecule has 0 aliphatic rings. The first-order valence-electron chi connectivity index (χ1n) is 8.87. The molecule has 0 saturated heterocycles. The fourth-order valence-corrected chi connectivity index (χ4v) is 3.26. The Morgan fingerprint density at radius 1 is 0.929 bits per heavy atom. The van der Waals surface area contributed by atoms with Crippen LogP contribution in [0.15, 0.2) is 45.3 Å². The molecule has 8 heteroatoms. The van der Waals surface area contributed by atoms with E-state index in [-0.39, 0.29) is 6.61 Å². The number of rotatable bonds is 8. The fourth-order valence-electron chi connectivity index (χ4n) is 2.23. The number of halogens is 2. The Kier molecular flexibility index (Phi) is 8.79. The molecule has 0 radical (unpaired) electrons. The molecule has 2 aromatic rings. The summed E-state index contributed by atoms with van der Waals surface area (Å²) < 4.78 is 12.5. The smallest absolute Gasteiger partial charge is 0.276 e. The molecule has 2 aromatic carbocycles. The van der Waals surface area contributed by atoms with E-state index in [1.165, 1.54) is 0 Å². The van der Waals surface area contributed by atoms with E-state index >= 15 is 0 Å². The van der Waals surface area contributed by atoms with Crippen molar-refractivity contribution in [2.45, 2.75) is 26.7 Å². The van der Waals surface area contributed by atoms with Crippen molar-refractivity contribution in [3.05, 3.63) is 56.5 Å². The van der Waals surface area contributed by atoms with Gasteiger partial charge in [-0.05, 0) is 80.6 Å². The topological polar surface area (TPSA) is 76.7 Å². The summed E-state index contributed by atoms with van der Waals surface area (Å²) in [5.74, 6) is 0.312. The molecule has 0 fully saturated rings. The second kappa shape index (κ2) is 11.1. The van der Waals surface area contributed by atoms with Crippen LogP contribution in [0, 0.1) is 0 Å². The molecular weight excluding hydrogens is 492 g/mol. The van der Waals surface area contributed by atoms with Gasteiger partial charge in [-0.3, -0.25) is 20.4 Å². The highest BCUT2D eigenvalue weighted by atomic mass is 79.9. The monoisotopic (exact) mass is 512 g/mol. The highest BCUT2D eigenvalue weighted by molar-refractivity contribution is 9.10. The van der Waals surface area contributed by atoms with Gasteiger partial charge in [0.25, 0.3) is 11.8 Å². The number of amides is 2. The molecule has 2 N–H and O–H groups in total. The van der Waals surface area contributed by atoms with E-state index in [0.29, 0.717) is 28.1 Å². The molecule has 0 aliphatic heterocycles. The minimum Gasteiger partial charge on any atom is -0.492 e. The maximum Gasteiger partial charge on any atom is 0.276 e. The number of carbonyl (C=O) groups excluding carboxylic acids is 2. The van der Waals surface area contributed by atoms with Crippen LogP contribution < -0.4 is 20.3 Å². The van der Waals surface area contributed by atoms with Gasteiger partial charge in [0.2, 0.25) is 0 Å². The number of hydrogen-bond donors (Lipinski definition) is 2. The van der Waals surface area contributed by atoms with Gasteiger partial charge >= 0.3 is 0 Å². The standard InChI is InChI=1S/C20H22Br2N2O4/c1-3-9-27-17-8-6-14(11-16(17)22)20(26)24-23-19(25)12-28-18-7-5-13(4-2)10-15(18)21/h5-8,10-11H,3-4,9,12H2,1-2H3,(H,23,25)(H,24,26). The van der Waals surface area contributed by atoms with Crippen molar-refractivity contribution in [1.29, 1.82) is 0 Å². The van der Waals surface area contributed by atoms with Gasteiger partial charge < -0.3 is 9.47 Å². The molecular formula is C20H22Br2N2O4. The Morgan fingerprint density at radius 3 is 2.25 bits per heavy atom. The highest BCUT2D eigenvalue weighted by Crippen LogP contribution is 2.27. The summed E-state index contributed by atoms with van der Waals surface area (Å²) in [6.45, 7) is 4.44. The first kappa shape index (κ1) is 22.2. The summed E-state index contributed by atoms with van der Waals surface area (Å²) >= 11 is 6.79. The molecule has 0 atom stereocenters. The zero-order valence-electron chi connectivity index (χ0n) is 15.7. The average Bonchev–Trinajstić information content (AvgIpc) is 2.70. The van der Waals surface area contributed by atoms with Crippen molar-refractivity contribution in [3.63, 3.8) is 0 Å². The molecule has 0 unspecified atom stereocenters. The molecule has 2 rings (SSSR count). The number of hydrazine groups is 1. The maximum atomic E-state index is 12.2. The van der Waals surface area contributed by atoms with Crippen molar-refractivity contribution in [2.75, 3.05) is 13.2 Å². The van der Waals surface area contributed by atoms with Gasteiger partial charge in [0.15, 0.2) is 6.61 Å². The highest BCUT2D eigenvalue weighted by Gasteiger charge is 2.11. The molecule has 0 heterocycles. The number of ether oxygens (including phenoxy) is 2.